The molecule has 0 bridgehead atoms. The molecule has 0 fully saturated rings. The molecule has 50 heavy (non-hydrogen) atoms. The first-order chi connectivity index (χ1) is 27.2. The number of rotatable bonds is 5. The van der Waals surface area contributed by atoms with E-state index in [-0.39, 0.29) is 58.1 Å². The second kappa shape index (κ2) is 11.4. The predicted octanol–water partition coefficient (Wildman–Crippen LogP) is 11.5. The molecule has 234 valence electrons. The summed E-state index contributed by atoms with van der Waals surface area (Å²) >= 11 is 0. The van der Waals surface area contributed by atoms with Crippen molar-refractivity contribution in [2.75, 3.05) is 0 Å². The van der Waals surface area contributed by atoms with Gasteiger partial charge in [0.2, 0.25) is 0 Å². The summed E-state index contributed by atoms with van der Waals surface area (Å²) in [5.41, 5.74) is 6.40. The zero-order valence-electron chi connectivity index (χ0n) is 32.4. The lowest BCUT2D eigenvalue weighted by molar-refractivity contribution is 0.669. The molecule has 10 rings (SSSR count). The van der Waals surface area contributed by atoms with Crippen molar-refractivity contribution in [1.82, 2.24) is 19.5 Å². The Morgan fingerprint density at radius 3 is 1.72 bits per heavy atom. The highest BCUT2D eigenvalue weighted by Gasteiger charge is 2.18. The van der Waals surface area contributed by atoms with Crippen LogP contribution >= 0.6 is 0 Å². The molecule has 0 unspecified atom stereocenters. The molecule has 7 aromatic carbocycles. The summed E-state index contributed by atoms with van der Waals surface area (Å²) in [6.45, 7) is 0. The van der Waals surface area contributed by atoms with E-state index in [4.69, 9.17) is 27.6 Å². The van der Waals surface area contributed by atoms with Crippen molar-refractivity contribution in [2.45, 2.75) is 0 Å². The summed E-state index contributed by atoms with van der Waals surface area (Å²) in [5.74, 6) is 1.27. The largest absolute Gasteiger partial charge is 0.456 e. The standard InChI is InChI=1S/C45H28N4O/c1-3-13-29(14-4-1)32-25-33(27-34(26-32)49-39-20-10-7-17-35(39)36-18-8-11-21-40(36)49)45-47-43(30-15-5-2-6-16-30)46-44(48-45)31-23-24-38-37-19-9-12-22-41(37)50-42(38)28-31/h1-28H/i7D,8D,17D,18D,20D,21D. The fraction of sp³-hybridized carbons (Fsp3) is 0. The van der Waals surface area contributed by atoms with E-state index in [1.165, 1.54) is 12.1 Å². The average Bonchev–Trinajstić information content (AvgIpc) is 3.80. The summed E-state index contributed by atoms with van der Waals surface area (Å²) in [4.78, 5) is 15.1. The van der Waals surface area contributed by atoms with E-state index in [0.717, 1.165) is 38.6 Å². The van der Waals surface area contributed by atoms with Crippen molar-refractivity contribution in [3.05, 3.63) is 170 Å². The minimum Gasteiger partial charge on any atom is -0.456 e. The van der Waals surface area contributed by atoms with Crippen LogP contribution in [0, 0.1) is 0 Å². The molecule has 0 aliphatic heterocycles. The van der Waals surface area contributed by atoms with Crippen LogP contribution in [0.3, 0.4) is 0 Å². The van der Waals surface area contributed by atoms with Gasteiger partial charge in [-0.25, -0.2) is 15.0 Å². The zero-order valence-corrected chi connectivity index (χ0v) is 26.4. The number of aromatic nitrogens is 4. The van der Waals surface area contributed by atoms with Gasteiger partial charge in [-0.15, -0.1) is 0 Å². The number of hydrogen-bond donors (Lipinski definition) is 0. The normalized spacial score (nSPS) is 13.3. The van der Waals surface area contributed by atoms with E-state index in [1.807, 2.05) is 121 Å². The van der Waals surface area contributed by atoms with E-state index >= 15 is 0 Å². The highest BCUT2D eigenvalue weighted by molar-refractivity contribution is 6.09. The van der Waals surface area contributed by atoms with Crippen LogP contribution in [0.5, 0.6) is 0 Å². The van der Waals surface area contributed by atoms with Crippen LogP contribution in [-0.2, 0) is 0 Å². The summed E-state index contributed by atoms with van der Waals surface area (Å²) in [7, 11) is 0. The Morgan fingerprint density at radius 2 is 1.00 bits per heavy atom. The highest BCUT2D eigenvalue weighted by Crippen LogP contribution is 2.37. The fourth-order valence-corrected chi connectivity index (χ4v) is 6.65. The Hall–Kier alpha value is -6.85. The Labute approximate surface area is 296 Å². The smallest absolute Gasteiger partial charge is 0.164 e. The molecular weight excluding hydrogens is 613 g/mol. The maximum absolute atomic E-state index is 9.06. The van der Waals surface area contributed by atoms with E-state index < -0.39 is 0 Å². The number of nitrogens with zero attached hydrogens (tertiary/aromatic N) is 4. The van der Waals surface area contributed by atoms with Crippen molar-refractivity contribution in [1.29, 1.82) is 0 Å². The molecule has 0 saturated heterocycles. The third-order valence-corrected chi connectivity index (χ3v) is 8.97. The van der Waals surface area contributed by atoms with Gasteiger partial charge in [0.25, 0.3) is 0 Å². The van der Waals surface area contributed by atoms with Crippen molar-refractivity contribution in [2.24, 2.45) is 0 Å². The first kappa shape index (κ1) is 22.7. The third-order valence-electron chi connectivity index (χ3n) is 8.97. The first-order valence-electron chi connectivity index (χ1n) is 19.2. The van der Waals surface area contributed by atoms with Crippen LogP contribution in [0.1, 0.15) is 8.22 Å². The molecule has 0 amide bonds. The minimum absolute atomic E-state index is 0.0380. The van der Waals surface area contributed by atoms with Gasteiger partial charge in [-0.2, -0.15) is 0 Å². The van der Waals surface area contributed by atoms with Gasteiger partial charge in [-0.05, 0) is 59.6 Å². The molecule has 5 heteroatoms. The topological polar surface area (TPSA) is 56.7 Å². The average molecular weight is 647 g/mol. The summed E-state index contributed by atoms with van der Waals surface area (Å²) < 4.78 is 60.8. The summed E-state index contributed by atoms with van der Waals surface area (Å²) in [6, 6.07) is 40.9. The molecule has 0 aliphatic rings. The molecule has 0 saturated carbocycles. The minimum atomic E-state index is -0.173. The molecule has 0 atom stereocenters. The van der Waals surface area contributed by atoms with Crippen LogP contribution in [0.4, 0.5) is 0 Å². The molecule has 10 aromatic rings. The monoisotopic (exact) mass is 646 g/mol. The van der Waals surface area contributed by atoms with Gasteiger partial charge in [-0.3, -0.25) is 0 Å². The van der Waals surface area contributed by atoms with Crippen LogP contribution in [0.25, 0.3) is 94.7 Å². The van der Waals surface area contributed by atoms with Crippen LogP contribution < -0.4 is 0 Å². The van der Waals surface area contributed by atoms with Gasteiger partial charge in [0.05, 0.1) is 19.3 Å². The van der Waals surface area contributed by atoms with Gasteiger partial charge < -0.3 is 8.98 Å². The molecule has 3 heterocycles. The van der Waals surface area contributed by atoms with Gasteiger partial charge >= 0.3 is 0 Å². The van der Waals surface area contributed by atoms with Gasteiger partial charge in [0, 0.05) is 43.9 Å². The molecular formula is C45H28N4O. The third kappa shape index (κ3) is 4.67. The summed E-state index contributed by atoms with van der Waals surface area (Å²) in [5, 5.41) is 2.38. The van der Waals surface area contributed by atoms with Crippen molar-refractivity contribution >= 4 is 43.7 Å². The maximum atomic E-state index is 9.06. The second-order valence-corrected chi connectivity index (χ2v) is 12.0. The van der Waals surface area contributed by atoms with E-state index in [1.54, 1.807) is 4.57 Å². The second-order valence-electron chi connectivity index (χ2n) is 12.0. The zero-order chi connectivity index (χ0) is 38.2. The SMILES string of the molecule is [2H]c1cc([2H])c2c(c1[2H])c1c([2H])c([2H])cc([2H])c1n2-c1cc(-c2ccccc2)cc(-c2nc(-c3ccccc3)nc(-c3ccc4c(c3)oc3ccccc34)n2)c1. The van der Waals surface area contributed by atoms with Gasteiger partial charge in [-0.1, -0.05) is 121 Å². The Balaban J connectivity index is 1.27. The van der Waals surface area contributed by atoms with Crippen LogP contribution in [-0.4, -0.2) is 19.5 Å². The van der Waals surface area contributed by atoms with Crippen molar-refractivity contribution in [3.63, 3.8) is 0 Å². The lowest BCUT2D eigenvalue weighted by atomic mass is 10.0. The number of hydrogen-bond acceptors (Lipinski definition) is 4. The molecule has 5 nitrogen and oxygen atoms in total. The van der Waals surface area contributed by atoms with Crippen molar-refractivity contribution in [3.8, 4) is 51.0 Å². The first-order valence-corrected chi connectivity index (χ1v) is 16.2. The number of furan rings is 1. The molecule has 0 radical (unpaired) electrons. The quantitative estimate of drug-likeness (QED) is 0.187. The van der Waals surface area contributed by atoms with E-state index in [9.17, 15) is 0 Å². The van der Waals surface area contributed by atoms with Gasteiger partial charge in [0.15, 0.2) is 17.5 Å². The fourth-order valence-electron chi connectivity index (χ4n) is 6.65. The number of benzene rings is 7. The molecule has 0 N–H and O–H groups in total. The van der Waals surface area contributed by atoms with Crippen LogP contribution in [0.15, 0.2) is 174 Å². The molecule has 0 spiro atoms. The lowest BCUT2D eigenvalue weighted by Crippen LogP contribution is -2.01. The lowest BCUT2D eigenvalue weighted by Gasteiger charge is -2.14. The Bertz CT molecular complexity index is 3150. The van der Waals surface area contributed by atoms with Gasteiger partial charge in [0.1, 0.15) is 11.2 Å². The van der Waals surface area contributed by atoms with Crippen LogP contribution in [0.2, 0.25) is 0 Å². The number of para-hydroxylation sites is 3. The predicted molar refractivity (Wildman–Crippen MR) is 203 cm³/mol. The maximum Gasteiger partial charge on any atom is 0.164 e. The van der Waals surface area contributed by atoms with E-state index in [0.29, 0.717) is 34.3 Å². The highest BCUT2D eigenvalue weighted by atomic mass is 16.3. The Kier molecular flexibility index (Phi) is 5.17. The summed E-state index contributed by atoms with van der Waals surface area (Å²) in [6.07, 6.45) is 0. The molecule has 3 aromatic heterocycles. The van der Waals surface area contributed by atoms with Crippen molar-refractivity contribution < 1.29 is 12.6 Å². The van der Waals surface area contributed by atoms with E-state index in [2.05, 4.69) is 0 Å². The number of fused-ring (bicyclic) bond motifs is 6. The Morgan fingerprint density at radius 1 is 0.420 bits per heavy atom. The molecule has 0 aliphatic carbocycles.